The van der Waals surface area contributed by atoms with E-state index in [1.165, 1.54) is 63.5 Å². The average molecular weight is 555 g/mol. The summed E-state index contributed by atoms with van der Waals surface area (Å²) in [4.78, 5) is 21.0. The lowest BCUT2D eigenvalue weighted by Crippen LogP contribution is -2.12. The number of carboxylic acids is 2. The molecule has 0 amide bonds. The van der Waals surface area contributed by atoms with Crippen molar-refractivity contribution >= 4 is 40.1 Å². The van der Waals surface area contributed by atoms with E-state index in [0.29, 0.717) is 0 Å². The average Bonchev–Trinajstić information content (AvgIpc) is 2.86. The van der Waals surface area contributed by atoms with Gasteiger partial charge in [-0.3, -0.25) is 0 Å². The summed E-state index contributed by atoms with van der Waals surface area (Å²) in [5.41, 5.74) is -0.569. The quantitative estimate of drug-likeness (QED) is 0.174. The fraction of sp³-hybridized carbons (Fsp3) is 0.571. The highest BCUT2D eigenvalue weighted by Gasteiger charge is 2.34. The number of unbranched alkanes of at least 4 members (excludes halogenated alkanes) is 4. The molecule has 0 saturated heterocycles. The minimum atomic E-state index is -4.93. The molecule has 0 atom stereocenters. The van der Waals surface area contributed by atoms with Gasteiger partial charge in [0.2, 0.25) is 0 Å². The van der Waals surface area contributed by atoms with Crippen LogP contribution < -0.4 is 0 Å². The molecule has 7 nitrogen and oxygen atoms in total. The third-order valence-corrected chi connectivity index (χ3v) is 12.6. The van der Waals surface area contributed by atoms with Gasteiger partial charge in [0.1, 0.15) is 10.1 Å². The molecule has 2 aromatic rings. The Bertz CT molecular complexity index is 1090. The van der Waals surface area contributed by atoms with Crippen molar-refractivity contribution in [1.82, 2.24) is 0 Å². The number of aromatic carboxylic acids is 2. The van der Waals surface area contributed by atoms with Gasteiger partial charge in [-0.2, -0.15) is 0 Å². The summed E-state index contributed by atoms with van der Waals surface area (Å²) in [5.74, 6) is -2.68. The van der Waals surface area contributed by atoms with Gasteiger partial charge in [-0.05, 0) is 55.3 Å². The molecule has 2 rings (SSSR count). The summed E-state index contributed by atoms with van der Waals surface area (Å²) in [6, 6.07) is 5.35. The molecule has 0 aliphatic carbocycles. The van der Waals surface area contributed by atoms with Crippen LogP contribution in [0.4, 0.5) is 0 Å². The van der Waals surface area contributed by atoms with Crippen LogP contribution in [0.25, 0.3) is 10.8 Å². The second-order valence-electron chi connectivity index (χ2n) is 9.63. The van der Waals surface area contributed by atoms with Gasteiger partial charge in [-0.25, -0.2) is 18.0 Å². The predicted octanol–water partition coefficient (Wildman–Crippen LogP) is 7.34. The first-order valence-electron chi connectivity index (χ1n) is 13.3. The van der Waals surface area contributed by atoms with Gasteiger partial charge in [-0.15, -0.1) is 0 Å². The Morgan fingerprint density at radius 1 is 0.730 bits per heavy atom. The SMILES string of the molecule is CCCC[P+](CCCC)(CCCC)CCCC.O=C(O)c1cc(S(=O)(=O)[O-])c2cc(C(=O)O)ccc2c1. The van der Waals surface area contributed by atoms with E-state index in [0.717, 1.165) is 18.2 Å². The van der Waals surface area contributed by atoms with E-state index in [9.17, 15) is 22.6 Å². The molecular formula is C28H43O7PS. The van der Waals surface area contributed by atoms with Crippen LogP contribution in [0.1, 0.15) is 99.8 Å². The van der Waals surface area contributed by atoms with Crippen molar-refractivity contribution in [3.8, 4) is 0 Å². The van der Waals surface area contributed by atoms with Crippen LogP contribution >= 0.6 is 7.26 Å². The van der Waals surface area contributed by atoms with Crippen molar-refractivity contribution < 1.29 is 32.8 Å². The summed E-state index contributed by atoms with van der Waals surface area (Å²) >= 11 is 0. The number of rotatable bonds is 15. The molecule has 0 bridgehead atoms. The number of carboxylic acid groups (broad SMARTS) is 2. The molecule has 0 aromatic heterocycles. The zero-order valence-electron chi connectivity index (χ0n) is 22.7. The first kappa shape index (κ1) is 33.0. The highest BCUT2D eigenvalue weighted by molar-refractivity contribution is 7.86. The minimum Gasteiger partial charge on any atom is -0.744 e. The summed E-state index contributed by atoms with van der Waals surface area (Å²) < 4.78 is 33.6. The van der Waals surface area contributed by atoms with E-state index < -0.39 is 34.2 Å². The minimum absolute atomic E-state index is 0.120. The topological polar surface area (TPSA) is 132 Å². The zero-order chi connectivity index (χ0) is 28.1. The first-order valence-corrected chi connectivity index (χ1v) is 17.2. The van der Waals surface area contributed by atoms with Crippen LogP contribution in [0.3, 0.4) is 0 Å². The van der Waals surface area contributed by atoms with Crippen LogP contribution in [0.5, 0.6) is 0 Å². The number of fused-ring (bicyclic) bond motifs is 1. The normalized spacial score (nSPS) is 11.7. The Labute approximate surface area is 222 Å². The standard InChI is InChI=1S/C16H36P.C12H8O7S/c1-5-9-13-17(14-10-6-2,15-11-7-3)16-12-8-4;13-11(14)7-2-1-6-3-8(12(15)16)5-10(9(6)4-7)20(17,18)19/h5-16H2,1-4H3;1-5H,(H,13,14)(H,15,16)(H,17,18,19)/q+1;/p-1. The molecule has 2 N–H and O–H groups in total. The third-order valence-electron chi connectivity index (χ3n) is 6.62. The van der Waals surface area contributed by atoms with Crippen molar-refractivity contribution in [3.63, 3.8) is 0 Å². The maximum Gasteiger partial charge on any atom is 0.335 e. The van der Waals surface area contributed by atoms with Gasteiger partial charge in [0, 0.05) is 12.6 Å². The first-order chi connectivity index (χ1) is 17.4. The van der Waals surface area contributed by atoms with Gasteiger partial charge in [-0.1, -0.05) is 59.4 Å². The molecular weight excluding hydrogens is 511 g/mol. The van der Waals surface area contributed by atoms with Gasteiger partial charge >= 0.3 is 11.9 Å². The van der Waals surface area contributed by atoms with Crippen LogP contribution in [0.15, 0.2) is 35.2 Å². The van der Waals surface area contributed by atoms with E-state index in [4.69, 9.17) is 10.2 Å². The van der Waals surface area contributed by atoms with Crippen molar-refractivity contribution in [2.75, 3.05) is 24.6 Å². The molecule has 0 heterocycles. The lowest BCUT2D eigenvalue weighted by molar-refractivity contribution is 0.0685. The van der Waals surface area contributed by atoms with Crippen LogP contribution in [-0.4, -0.2) is 59.8 Å². The maximum atomic E-state index is 11.2. The van der Waals surface area contributed by atoms with E-state index in [2.05, 4.69) is 27.7 Å². The molecule has 0 radical (unpaired) electrons. The Morgan fingerprint density at radius 2 is 1.16 bits per heavy atom. The van der Waals surface area contributed by atoms with Crippen molar-refractivity contribution in [2.24, 2.45) is 0 Å². The molecule has 0 saturated carbocycles. The molecule has 37 heavy (non-hydrogen) atoms. The molecule has 0 aliphatic rings. The predicted molar refractivity (Wildman–Crippen MR) is 152 cm³/mol. The fourth-order valence-corrected chi connectivity index (χ4v) is 10.4. The molecule has 9 heteroatoms. The van der Waals surface area contributed by atoms with Crippen LogP contribution in [0.2, 0.25) is 0 Å². The third kappa shape index (κ3) is 10.7. The van der Waals surface area contributed by atoms with E-state index in [-0.39, 0.29) is 21.9 Å². The summed E-state index contributed by atoms with van der Waals surface area (Å²) in [6.45, 7) is 9.42. The Hall–Kier alpha value is -2.02. The van der Waals surface area contributed by atoms with Gasteiger partial charge in [0.15, 0.2) is 0 Å². The summed E-state index contributed by atoms with van der Waals surface area (Å²) in [6.07, 6.45) is 17.9. The summed E-state index contributed by atoms with van der Waals surface area (Å²) in [7, 11) is -5.50. The highest BCUT2D eigenvalue weighted by Crippen LogP contribution is 2.61. The van der Waals surface area contributed by atoms with Gasteiger partial charge in [0.25, 0.3) is 0 Å². The number of benzene rings is 2. The summed E-state index contributed by atoms with van der Waals surface area (Å²) in [5, 5.41) is 17.8. The lowest BCUT2D eigenvalue weighted by Gasteiger charge is -2.28. The zero-order valence-corrected chi connectivity index (χ0v) is 24.4. The molecule has 0 fully saturated rings. The fourth-order valence-electron chi connectivity index (χ4n) is 4.43. The smallest absolute Gasteiger partial charge is 0.335 e. The Kier molecular flexibility index (Phi) is 14.3. The lowest BCUT2D eigenvalue weighted by atomic mass is 10.0. The number of hydrogen-bond donors (Lipinski definition) is 2. The Morgan fingerprint density at radius 3 is 1.51 bits per heavy atom. The van der Waals surface area contributed by atoms with Crippen molar-refractivity contribution in [1.29, 1.82) is 0 Å². The largest absolute Gasteiger partial charge is 0.744 e. The van der Waals surface area contributed by atoms with Crippen molar-refractivity contribution in [3.05, 3.63) is 41.5 Å². The molecule has 0 aliphatic heterocycles. The van der Waals surface area contributed by atoms with Crippen molar-refractivity contribution in [2.45, 2.75) is 84.0 Å². The second-order valence-corrected chi connectivity index (χ2v) is 15.4. The monoisotopic (exact) mass is 554 g/mol. The maximum absolute atomic E-state index is 11.2. The van der Waals surface area contributed by atoms with Gasteiger partial charge < -0.3 is 14.8 Å². The number of carbonyl (C=O) groups is 2. The molecule has 0 unspecified atom stereocenters. The Balaban J connectivity index is 0.000000377. The van der Waals surface area contributed by atoms with Crippen LogP contribution in [0, 0.1) is 0 Å². The van der Waals surface area contributed by atoms with E-state index in [1.807, 2.05) is 0 Å². The molecule has 2 aromatic carbocycles. The van der Waals surface area contributed by atoms with Gasteiger partial charge in [0.05, 0.1) is 40.7 Å². The highest BCUT2D eigenvalue weighted by atomic mass is 32.2. The second kappa shape index (κ2) is 16.1. The van der Waals surface area contributed by atoms with Crippen LogP contribution in [-0.2, 0) is 10.1 Å². The number of hydrogen-bond acceptors (Lipinski definition) is 5. The molecule has 0 spiro atoms. The van der Waals surface area contributed by atoms with E-state index >= 15 is 0 Å². The van der Waals surface area contributed by atoms with E-state index in [1.54, 1.807) is 24.6 Å². The molecule has 208 valence electrons.